The molecule has 0 fully saturated rings. The summed E-state index contributed by atoms with van der Waals surface area (Å²) in [4.78, 5) is 0. The molecule has 0 amide bonds. The van der Waals surface area contributed by atoms with E-state index >= 15 is 0 Å². The van der Waals surface area contributed by atoms with Crippen molar-refractivity contribution >= 4 is 11.1 Å². The fourth-order valence-corrected chi connectivity index (χ4v) is 3.72. The van der Waals surface area contributed by atoms with Crippen LogP contribution >= 0.6 is 0 Å². The van der Waals surface area contributed by atoms with Crippen LogP contribution in [0, 0.1) is 0 Å². The third kappa shape index (κ3) is 3.60. The molecule has 2 nitrogen and oxygen atoms in total. The van der Waals surface area contributed by atoms with E-state index in [4.69, 9.17) is 9.47 Å². The number of alkyl halides is 3. The van der Waals surface area contributed by atoms with Crippen LogP contribution in [0.1, 0.15) is 27.8 Å². The number of hydrogen-bond acceptors (Lipinski definition) is 2. The van der Waals surface area contributed by atoms with Crippen LogP contribution in [-0.2, 0) is 12.6 Å². The number of halogens is 3. The standard InChI is InChI=1S/C24H19F3O2/c1-28-19-9-5-15(6-10-19)22-14-17-13-20(29-2)11-12-21(17)23(22)16-3-7-18(8-4-16)24(25,26)27/h3-13H,14H2,1-2H3. The zero-order chi connectivity index (χ0) is 20.6. The van der Waals surface area contributed by atoms with Crippen molar-refractivity contribution in [1.82, 2.24) is 0 Å². The van der Waals surface area contributed by atoms with E-state index in [-0.39, 0.29) is 0 Å². The molecule has 0 unspecified atom stereocenters. The van der Waals surface area contributed by atoms with Crippen molar-refractivity contribution in [3.8, 4) is 11.5 Å². The largest absolute Gasteiger partial charge is 0.497 e. The van der Waals surface area contributed by atoms with Gasteiger partial charge >= 0.3 is 6.18 Å². The summed E-state index contributed by atoms with van der Waals surface area (Å²) < 4.78 is 49.6. The highest BCUT2D eigenvalue weighted by Gasteiger charge is 2.31. The van der Waals surface area contributed by atoms with Crippen LogP contribution in [0.25, 0.3) is 11.1 Å². The topological polar surface area (TPSA) is 18.5 Å². The summed E-state index contributed by atoms with van der Waals surface area (Å²) in [5.41, 5.74) is 5.23. The number of allylic oxidation sites excluding steroid dienone is 1. The molecule has 1 aliphatic carbocycles. The van der Waals surface area contributed by atoms with Gasteiger partial charge in [-0.25, -0.2) is 0 Å². The first-order valence-electron chi connectivity index (χ1n) is 9.13. The molecule has 1 aliphatic rings. The van der Waals surface area contributed by atoms with Gasteiger partial charge in [-0.15, -0.1) is 0 Å². The van der Waals surface area contributed by atoms with Gasteiger partial charge in [-0.1, -0.05) is 30.3 Å². The van der Waals surface area contributed by atoms with E-state index in [2.05, 4.69) is 0 Å². The molecule has 3 aromatic rings. The second kappa shape index (κ2) is 7.32. The van der Waals surface area contributed by atoms with Crippen LogP contribution < -0.4 is 9.47 Å². The van der Waals surface area contributed by atoms with Crippen molar-refractivity contribution < 1.29 is 22.6 Å². The summed E-state index contributed by atoms with van der Waals surface area (Å²) >= 11 is 0. The third-order valence-corrected chi connectivity index (χ3v) is 5.19. The number of ether oxygens (including phenoxy) is 2. The van der Waals surface area contributed by atoms with Gasteiger partial charge in [0, 0.05) is 0 Å². The minimum Gasteiger partial charge on any atom is -0.497 e. The molecular weight excluding hydrogens is 377 g/mol. The molecule has 0 radical (unpaired) electrons. The lowest BCUT2D eigenvalue weighted by Gasteiger charge is -2.12. The molecule has 0 saturated heterocycles. The van der Waals surface area contributed by atoms with Crippen molar-refractivity contribution in [2.75, 3.05) is 14.2 Å². The number of rotatable bonds is 4. The van der Waals surface area contributed by atoms with E-state index < -0.39 is 11.7 Å². The fourth-order valence-electron chi connectivity index (χ4n) is 3.72. The maximum atomic E-state index is 13.0. The average Bonchev–Trinajstić information content (AvgIpc) is 3.11. The van der Waals surface area contributed by atoms with E-state index in [1.807, 2.05) is 42.5 Å². The predicted molar refractivity (Wildman–Crippen MR) is 107 cm³/mol. The molecule has 0 bridgehead atoms. The van der Waals surface area contributed by atoms with Crippen LogP contribution in [0.2, 0.25) is 0 Å². The first-order valence-corrected chi connectivity index (χ1v) is 9.13. The fraction of sp³-hybridized carbons (Fsp3) is 0.167. The van der Waals surface area contributed by atoms with Crippen LogP contribution in [-0.4, -0.2) is 14.2 Å². The van der Waals surface area contributed by atoms with Crippen LogP contribution in [0.3, 0.4) is 0 Å². The Bertz CT molecular complexity index is 1060. The highest BCUT2D eigenvalue weighted by molar-refractivity contribution is 6.03. The molecule has 5 heteroatoms. The van der Waals surface area contributed by atoms with E-state index in [0.29, 0.717) is 6.42 Å². The van der Waals surface area contributed by atoms with Crippen LogP contribution in [0.4, 0.5) is 13.2 Å². The van der Waals surface area contributed by atoms with Gasteiger partial charge < -0.3 is 9.47 Å². The average molecular weight is 396 g/mol. The maximum absolute atomic E-state index is 13.0. The molecule has 29 heavy (non-hydrogen) atoms. The molecule has 0 spiro atoms. The molecule has 0 atom stereocenters. The van der Waals surface area contributed by atoms with Gasteiger partial charge in [0.1, 0.15) is 11.5 Å². The van der Waals surface area contributed by atoms with Gasteiger partial charge in [-0.3, -0.25) is 0 Å². The molecule has 0 N–H and O–H groups in total. The summed E-state index contributed by atoms with van der Waals surface area (Å²) in [6, 6.07) is 18.9. The minimum absolute atomic E-state index is 0.652. The normalized spacial score (nSPS) is 13.4. The van der Waals surface area contributed by atoms with Crippen molar-refractivity contribution in [3.05, 3.63) is 94.5 Å². The predicted octanol–water partition coefficient (Wildman–Crippen LogP) is 6.24. The van der Waals surface area contributed by atoms with Crippen molar-refractivity contribution in [2.45, 2.75) is 12.6 Å². The molecule has 0 aromatic heterocycles. The Labute approximate surface area is 167 Å². The Hall–Kier alpha value is -3.21. The quantitative estimate of drug-likeness (QED) is 0.520. The summed E-state index contributed by atoms with van der Waals surface area (Å²) in [5, 5.41) is 0. The van der Waals surface area contributed by atoms with Crippen molar-refractivity contribution in [1.29, 1.82) is 0 Å². The Balaban J connectivity index is 1.85. The van der Waals surface area contributed by atoms with Gasteiger partial charge in [0.15, 0.2) is 0 Å². The smallest absolute Gasteiger partial charge is 0.416 e. The van der Waals surface area contributed by atoms with E-state index in [0.717, 1.165) is 57.0 Å². The molecule has 0 aliphatic heterocycles. The minimum atomic E-state index is -4.35. The zero-order valence-electron chi connectivity index (χ0n) is 16.0. The number of benzene rings is 3. The lowest BCUT2D eigenvalue weighted by atomic mass is 9.94. The number of fused-ring (bicyclic) bond motifs is 1. The molecule has 3 aromatic carbocycles. The van der Waals surface area contributed by atoms with Gasteiger partial charge in [0.2, 0.25) is 0 Å². The van der Waals surface area contributed by atoms with Gasteiger partial charge in [-0.05, 0) is 76.2 Å². The summed E-state index contributed by atoms with van der Waals surface area (Å²) in [7, 11) is 3.23. The zero-order valence-corrected chi connectivity index (χ0v) is 16.0. The lowest BCUT2D eigenvalue weighted by molar-refractivity contribution is -0.137. The highest BCUT2D eigenvalue weighted by Crippen LogP contribution is 2.44. The highest BCUT2D eigenvalue weighted by atomic mass is 19.4. The lowest BCUT2D eigenvalue weighted by Crippen LogP contribution is -2.04. The van der Waals surface area contributed by atoms with Gasteiger partial charge in [0.25, 0.3) is 0 Å². The molecule has 4 rings (SSSR count). The molecule has 148 valence electrons. The molecular formula is C24H19F3O2. The number of hydrogen-bond donors (Lipinski definition) is 0. The van der Waals surface area contributed by atoms with E-state index in [1.165, 1.54) is 0 Å². The van der Waals surface area contributed by atoms with Crippen LogP contribution in [0.5, 0.6) is 11.5 Å². The maximum Gasteiger partial charge on any atom is 0.416 e. The SMILES string of the molecule is COc1ccc(C2=C(c3ccc(C(F)(F)F)cc3)c3ccc(OC)cc3C2)cc1. The molecule has 0 heterocycles. The van der Waals surface area contributed by atoms with Crippen LogP contribution in [0.15, 0.2) is 66.7 Å². The van der Waals surface area contributed by atoms with Gasteiger partial charge in [0.05, 0.1) is 19.8 Å². The first kappa shape index (κ1) is 19.1. The van der Waals surface area contributed by atoms with E-state index in [9.17, 15) is 13.2 Å². The first-order chi connectivity index (χ1) is 13.9. The third-order valence-electron chi connectivity index (χ3n) is 5.19. The second-order valence-electron chi connectivity index (χ2n) is 6.86. The monoisotopic (exact) mass is 396 g/mol. The molecule has 0 saturated carbocycles. The van der Waals surface area contributed by atoms with Crippen molar-refractivity contribution in [2.24, 2.45) is 0 Å². The Morgan fingerprint density at radius 3 is 1.90 bits per heavy atom. The summed E-state index contributed by atoms with van der Waals surface area (Å²) in [5.74, 6) is 1.51. The Morgan fingerprint density at radius 2 is 1.31 bits per heavy atom. The second-order valence-corrected chi connectivity index (χ2v) is 6.86. The van der Waals surface area contributed by atoms with Gasteiger partial charge in [-0.2, -0.15) is 13.2 Å². The Morgan fingerprint density at radius 1 is 0.724 bits per heavy atom. The summed E-state index contributed by atoms with van der Waals surface area (Å²) in [6.45, 7) is 0. The summed E-state index contributed by atoms with van der Waals surface area (Å²) in [6.07, 6.45) is -3.68. The van der Waals surface area contributed by atoms with E-state index in [1.54, 1.807) is 26.4 Å². The van der Waals surface area contributed by atoms with Crippen molar-refractivity contribution in [3.63, 3.8) is 0 Å². The number of methoxy groups -OCH3 is 2. The Kier molecular flexibility index (Phi) is 4.82.